The molecule has 1 aromatic heterocycles. The van der Waals surface area contributed by atoms with E-state index in [-0.39, 0.29) is 19.1 Å². The number of hydrogen-bond acceptors (Lipinski definition) is 4. The van der Waals surface area contributed by atoms with Gasteiger partial charge >= 0.3 is 5.97 Å². The number of ether oxygens (including phenoxy) is 1. The van der Waals surface area contributed by atoms with Gasteiger partial charge in [0.15, 0.2) is 0 Å². The molecule has 0 aliphatic rings. The van der Waals surface area contributed by atoms with Gasteiger partial charge in [0.05, 0.1) is 5.56 Å². The number of carbonyl (C=O) groups is 2. The second-order valence-electron chi connectivity index (χ2n) is 4.66. The normalized spacial score (nSPS) is 10.2. The highest BCUT2D eigenvalue weighted by atomic mass is 32.1. The Labute approximate surface area is 127 Å². The van der Waals surface area contributed by atoms with Crippen LogP contribution in [0.5, 0.6) is 0 Å². The molecule has 0 saturated carbocycles. The zero-order valence-corrected chi connectivity index (χ0v) is 12.8. The Morgan fingerprint density at radius 2 is 1.90 bits per heavy atom. The number of thiophene rings is 1. The lowest BCUT2D eigenvalue weighted by Crippen LogP contribution is -2.30. The fourth-order valence-corrected chi connectivity index (χ4v) is 2.81. The van der Waals surface area contributed by atoms with Crippen LogP contribution in [0.1, 0.15) is 25.7 Å². The van der Waals surface area contributed by atoms with Gasteiger partial charge in [0, 0.05) is 9.75 Å². The van der Waals surface area contributed by atoms with E-state index in [9.17, 15) is 9.59 Å². The number of amides is 1. The van der Waals surface area contributed by atoms with Crippen molar-refractivity contribution in [1.82, 2.24) is 5.32 Å². The van der Waals surface area contributed by atoms with Crippen LogP contribution in [0, 0.1) is 13.8 Å². The Morgan fingerprint density at radius 1 is 1.19 bits per heavy atom. The maximum atomic E-state index is 11.9. The first kappa shape index (κ1) is 15.3. The summed E-state index contributed by atoms with van der Waals surface area (Å²) in [6.07, 6.45) is 0. The van der Waals surface area contributed by atoms with E-state index >= 15 is 0 Å². The molecule has 0 saturated heterocycles. The van der Waals surface area contributed by atoms with Crippen LogP contribution >= 0.6 is 11.3 Å². The number of carbonyl (C=O) groups excluding carboxylic acids is 2. The van der Waals surface area contributed by atoms with Crippen molar-refractivity contribution in [2.45, 2.75) is 20.5 Å². The van der Waals surface area contributed by atoms with E-state index in [1.807, 2.05) is 50.2 Å². The molecule has 1 aromatic carbocycles. The van der Waals surface area contributed by atoms with Gasteiger partial charge in [-0.3, -0.25) is 9.59 Å². The molecule has 0 aliphatic carbocycles. The smallest absolute Gasteiger partial charge is 0.325 e. The summed E-state index contributed by atoms with van der Waals surface area (Å²) in [5.41, 5.74) is 1.54. The predicted molar refractivity (Wildman–Crippen MR) is 82.4 cm³/mol. The lowest BCUT2D eigenvalue weighted by molar-refractivity contribution is -0.143. The summed E-state index contributed by atoms with van der Waals surface area (Å²) in [4.78, 5) is 25.6. The second kappa shape index (κ2) is 7.04. The summed E-state index contributed by atoms with van der Waals surface area (Å²) in [5.74, 6) is -0.690. The SMILES string of the molecule is Cc1cc(C(=O)NCC(=O)OCc2ccccc2)c(C)s1. The fraction of sp³-hybridized carbons (Fsp3) is 0.250. The third-order valence-corrected chi connectivity index (χ3v) is 3.89. The van der Waals surface area contributed by atoms with Crippen LogP contribution in [0.2, 0.25) is 0 Å². The van der Waals surface area contributed by atoms with Crippen molar-refractivity contribution in [3.63, 3.8) is 0 Å². The van der Waals surface area contributed by atoms with Gasteiger partial charge in [0.2, 0.25) is 0 Å². The molecule has 5 heteroatoms. The summed E-state index contributed by atoms with van der Waals surface area (Å²) < 4.78 is 5.10. The third kappa shape index (κ3) is 4.43. The number of hydrogen-bond donors (Lipinski definition) is 1. The number of aryl methyl sites for hydroxylation is 2. The van der Waals surface area contributed by atoms with Crippen molar-refractivity contribution >= 4 is 23.2 Å². The maximum absolute atomic E-state index is 11.9. The van der Waals surface area contributed by atoms with Gasteiger partial charge in [-0.25, -0.2) is 0 Å². The molecule has 2 aromatic rings. The molecule has 2 rings (SSSR count). The topological polar surface area (TPSA) is 55.4 Å². The highest BCUT2D eigenvalue weighted by Gasteiger charge is 2.13. The Balaban J connectivity index is 1.79. The second-order valence-corrected chi connectivity index (χ2v) is 6.12. The van der Waals surface area contributed by atoms with Crippen molar-refractivity contribution in [1.29, 1.82) is 0 Å². The Morgan fingerprint density at radius 3 is 2.52 bits per heavy atom. The van der Waals surface area contributed by atoms with Gasteiger partial charge in [-0.1, -0.05) is 30.3 Å². The summed E-state index contributed by atoms with van der Waals surface area (Å²) in [6, 6.07) is 11.2. The molecule has 0 aliphatic heterocycles. The minimum absolute atomic E-state index is 0.125. The van der Waals surface area contributed by atoms with E-state index < -0.39 is 5.97 Å². The molecular formula is C16H17NO3S. The summed E-state index contributed by atoms with van der Waals surface area (Å²) in [7, 11) is 0. The summed E-state index contributed by atoms with van der Waals surface area (Å²) >= 11 is 1.56. The molecule has 0 fully saturated rings. The molecule has 0 radical (unpaired) electrons. The van der Waals surface area contributed by atoms with Crippen LogP contribution in [0.15, 0.2) is 36.4 Å². The standard InChI is InChI=1S/C16H17NO3S/c1-11-8-14(12(2)21-11)16(19)17-9-15(18)20-10-13-6-4-3-5-7-13/h3-8H,9-10H2,1-2H3,(H,17,19). The molecule has 110 valence electrons. The molecule has 0 bridgehead atoms. The van der Waals surface area contributed by atoms with Crippen LogP contribution < -0.4 is 5.32 Å². The van der Waals surface area contributed by atoms with Crippen molar-refractivity contribution in [3.8, 4) is 0 Å². The van der Waals surface area contributed by atoms with Crippen LogP contribution in [0.3, 0.4) is 0 Å². The van der Waals surface area contributed by atoms with Crippen molar-refractivity contribution in [2.75, 3.05) is 6.54 Å². The van der Waals surface area contributed by atoms with Crippen LogP contribution in [0.25, 0.3) is 0 Å². The van der Waals surface area contributed by atoms with Crippen LogP contribution in [-0.2, 0) is 16.1 Å². The van der Waals surface area contributed by atoms with Gasteiger partial charge in [-0.2, -0.15) is 0 Å². The van der Waals surface area contributed by atoms with Gasteiger partial charge < -0.3 is 10.1 Å². The van der Waals surface area contributed by atoms with E-state index in [0.717, 1.165) is 15.3 Å². The van der Waals surface area contributed by atoms with E-state index in [1.54, 1.807) is 11.3 Å². The Hall–Kier alpha value is -2.14. The average Bonchev–Trinajstić information content (AvgIpc) is 2.82. The minimum atomic E-state index is -0.447. The molecule has 4 nitrogen and oxygen atoms in total. The van der Waals surface area contributed by atoms with Gasteiger partial charge in [-0.15, -0.1) is 11.3 Å². The van der Waals surface area contributed by atoms with E-state index in [0.29, 0.717) is 5.56 Å². The molecule has 0 atom stereocenters. The van der Waals surface area contributed by atoms with Crippen LogP contribution in [-0.4, -0.2) is 18.4 Å². The number of esters is 1. The fourth-order valence-electron chi connectivity index (χ4n) is 1.89. The maximum Gasteiger partial charge on any atom is 0.325 e. The Kier molecular flexibility index (Phi) is 5.11. The first-order chi connectivity index (χ1) is 10.1. The highest BCUT2D eigenvalue weighted by Crippen LogP contribution is 2.20. The molecule has 21 heavy (non-hydrogen) atoms. The zero-order valence-electron chi connectivity index (χ0n) is 12.0. The van der Waals surface area contributed by atoms with Gasteiger partial charge in [0.25, 0.3) is 5.91 Å². The Bertz CT molecular complexity index is 634. The van der Waals surface area contributed by atoms with Gasteiger partial charge in [0.1, 0.15) is 13.2 Å². The lowest BCUT2D eigenvalue weighted by Gasteiger charge is -2.06. The number of rotatable bonds is 5. The first-order valence-corrected chi connectivity index (χ1v) is 7.42. The lowest BCUT2D eigenvalue weighted by atomic mass is 10.2. The molecular weight excluding hydrogens is 286 g/mol. The zero-order chi connectivity index (χ0) is 15.2. The largest absolute Gasteiger partial charge is 0.460 e. The minimum Gasteiger partial charge on any atom is -0.460 e. The van der Waals surface area contributed by atoms with Crippen molar-refractivity contribution in [2.24, 2.45) is 0 Å². The molecule has 1 heterocycles. The highest BCUT2D eigenvalue weighted by molar-refractivity contribution is 7.12. The molecule has 1 N–H and O–H groups in total. The van der Waals surface area contributed by atoms with E-state index in [1.165, 1.54) is 0 Å². The van der Waals surface area contributed by atoms with Crippen molar-refractivity contribution < 1.29 is 14.3 Å². The van der Waals surface area contributed by atoms with Gasteiger partial charge in [-0.05, 0) is 25.5 Å². The molecule has 1 amide bonds. The molecule has 0 unspecified atom stereocenters. The molecule has 0 spiro atoms. The quantitative estimate of drug-likeness (QED) is 0.864. The third-order valence-electron chi connectivity index (χ3n) is 2.92. The number of benzene rings is 1. The first-order valence-electron chi connectivity index (χ1n) is 6.61. The summed E-state index contributed by atoms with van der Waals surface area (Å²) in [5, 5.41) is 2.58. The summed E-state index contributed by atoms with van der Waals surface area (Å²) in [6.45, 7) is 3.93. The van der Waals surface area contributed by atoms with Crippen molar-refractivity contribution in [3.05, 3.63) is 57.3 Å². The van der Waals surface area contributed by atoms with Crippen LogP contribution in [0.4, 0.5) is 0 Å². The average molecular weight is 303 g/mol. The van der Waals surface area contributed by atoms with E-state index in [2.05, 4.69) is 5.32 Å². The van der Waals surface area contributed by atoms with E-state index in [4.69, 9.17) is 4.74 Å². The predicted octanol–water partition coefficient (Wildman–Crippen LogP) is 2.84. The monoisotopic (exact) mass is 303 g/mol. The number of nitrogens with one attached hydrogen (secondary N) is 1.